The van der Waals surface area contributed by atoms with Gasteiger partial charge in [0.25, 0.3) is 5.91 Å². The van der Waals surface area contributed by atoms with Crippen molar-refractivity contribution in [2.45, 2.75) is 46.1 Å². The topological polar surface area (TPSA) is 78.0 Å². The first-order chi connectivity index (χ1) is 12.1. The molecular weight excluding hydrogens is 316 g/mol. The van der Waals surface area contributed by atoms with E-state index in [9.17, 15) is 4.79 Å². The van der Waals surface area contributed by atoms with Gasteiger partial charge in [0.05, 0.1) is 11.8 Å². The highest BCUT2D eigenvalue weighted by atomic mass is 16.2. The number of carbonyl (C=O) groups is 1. The lowest BCUT2D eigenvalue weighted by atomic mass is 10.0. The number of aryl methyl sites for hydroxylation is 2. The smallest absolute Gasteiger partial charge is 0.257 e. The van der Waals surface area contributed by atoms with Crippen LogP contribution in [0.3, 0.4) is 0 Å². The number of H-pyrrole nitrogens is 1. The molecule has 0 aromatic carbocycles. The minimum absolute atomic E-state index is 0.0720. The quantitative estimate of drug-likeness (QED) is 0.902. The van der Waals surface area contributed by atoms with Crippen LogP contribution in [0.4, 0.5) is 5.82 Å². The van der Waals surface area contributed by atoms with Crippen molar-refractivity contribution in [3.8, 4) is 0 Å². The molecule has 2 aromatic rings. The zero-order chi connectivity index (χ0) is 17.8. The van der Waals surface area contributed by atoms with Crippen LogP contribution in [0.1, 0.15) is 48.1 Å². The van der Waals surface area contributed by atoms with E-state index < -0.39 is 0 Å². The Kier molecular flexibility index (Phi) is 5.31. The standard InChI is InChI=1S/C18H26N6O/c1-4-7-24(18(25)15-11-19-20-12-15)16-5-8-23(9-6-16)17-10-13(2)21-14(3)22-17/h10-12,16H,4-9H2,1-3H3,(H,19,20). The van der Waals surface area contributed by atoms with Crippen LogP contribution in [-0.4, -0.2) is 56.6 Å². The molecule has 1 N–H and O–H groups in total. The van der Waals surface area contributed by atoms with Crippen LogP contribution < -0.4 is 4.90 Å². The third-order valence-corrected chi connectivity index (χ3v) is 4.65. The molecule has 0 spiro atoms. The summed E-state index contributed by atoms with van der Waals surface area (Å²) in [7, 11) is 0. The SMILES string of the molecule is CCCN(C(=O)c1cn[nH]c1)C1CCN(c2cc(C)nc(C)n2)CC1. The number of carbonyl (C=O) groups excluding carboxylic acids is 1. The Morgan fingerprint density at radius 1 is 1.32 bits per heavy atom. The van der Waals surface area contributed by atoms with E-state index in [0.29, 0.717) is 5.56 Å². The van der Waals surface area contributed by atoms with Gasteiger partial charge in [-0.25, -0.2) is 9.97 Å². The van der Waals surface area contributed by atoms with E-state index in [1.807, 2.05) is 24.8 Å². The Hall–Kier alpha value is -2.44. The van der Waals surface area contributed by atoms with Crippen LogP contribution in [0, 0.1) is 13.8 Å². The van der Waals surface area contributed by atoms with Crippen LogP contribution in [0.25, 0.3) is 0 Å². The Bertz CT molecular complexity index is 686. The van der Waals surface area contributed by atoms with Gasteiger partial charge in [-0.05, 0) is 33.1 Å². The molecule has 0 aliphatic carbocycles. The molecule has 3 rings (SSSR count). The number of hydrogen-bond donors (Lipinski definition) is 1. The summed E-state index contributed by atoms with van der Waals surface area (Å²) < 4.78 is 0. The number of nitrogens with one attached hydrogen (secondary N) is 1. The fourth-order valence-electron chi connectivity index (χ4n) is 3.49. The molecular formula is C18H26N6O. The van der Waals surface area contributed by atoms with Crippen molar-refractivity contribution in [3.63, 3.8) is 0 Å². The molecule has 1 aliphatic rings. The lowest BCUT2D eigenvalue weighted by Gasteiger charge is -2.39. The van der Waals surface area contributed by atoms with Crippen LogP contribution in [0.2, 0.25) is 0 Å². The van der Waals surface area contributed by atoms with Crippen molar-refractivity contribution in [1.82, 2.24) is 25.1 Å². The van der Waals surface area contributed by atoms with Crippen molar-refractivity contribution in [1.29, 1.82) is 0 Å². The third-order valence-electron chi connectivity index (χ3n) is 4.65. The van der Waals surface area contributed by atoms with Crippen molar-refractivity contribution in [3.05, 3.63) is 35.5 Å². The molecule has 7 nitrogen and oxygen atoms in total. The van der Waals surface area contributed by atoms with E-state index in [4.69, 9.17) is 0 Å². The molecule has 1 amide bonds. The predicted molar refractivity (Wildman–Crippen MR) is 96.7 cm³/mol. The Labute approximate surface area is 148 Å². The van der Waals surface area contributed by atoms with Gasteiger partial charge in [0.1, 0.15) is 11.6 Å². The second-order valence-electron chi connectivity index (χ2n) is 6.62. The number of piperidine rings is 1. The molecule has 3 heterocycles. The van der Waals surface area contributed by atoms with Gasteiger partial charge in [-0.2, -0.15) is 5.10 Å². The normalized spacial score (nSPS) is 15.4. The summed E-state index contributed by atoms with van der Waals surface area (Å²) in [5, 5.41) is 6.63. The van der Waals surface area contributed by atoms with E-state index in [2.05, 4.69) is 32.0 Å². The van der Waals surface area contributed by atoms with Gasteiger partial charge >= 0.3 is 0 Å². The molecule has 2 aromatic heterocycles. The summed E-state index contributed by atoms with van der Waals surface area (Å²) in [6, 6.07) is 2.30. The summed E-state index contributed by atoms with van der Waals surface area (Å²) in [6.07, 6.45) is 6.13. The molecule has 0 saturated carbocycles. The van der Waals surface area contributed by atoms with E-state index >= 15 is 0 Å². The van der Waals surface area contributed by atoms with Crippen molar-refractivity contribution in [2.24, 2.45) is 0 Å². The van der Waals surface area contributed by atoms with Gasteiger partial charge in [-0.1, -0.05) is 6.92 Å². The Morgan fingerprint density at radius 2 is 2.08 bits per heavy atom. The number of aromatic nitrogens is 4. The van der Waals surface area contributed by atoms with E-state index in [1.165, 1.54) is 0 Å². The number of aromatic amines is 1. The summed E-state index contributed by atoms with van der Waals surface area (Å²) >= 11 is 0. The minimum Gasteiger partial charge on any atom is -0.356 e. The van der Waals surface area contributed by atoms with Gasteiger partial charge in [-0.15, -0.1) is 0 Å². The maximum absolute atomic E-state index is 12.8. The first-order valence-corrected chi connectivity index (χ1v) is 8.95. The number of anilines is 1. The first-order valence-electron chi connectivity index (χ1n) is 8.95. The zero-order valence-electron chi connectivity index (χ0n) is 15.2. The molecule has 134 valence electrons. The predicted octanol–water partition coefficient (Wildman–Crippen LogP) is 2.34. The Morgan fingerprint density at radius 3 is 2.68 bits per heavy atom. The highest BCUT2D eigenvalue weighted by molar-refractivity contribution is 5.93. The first kappa shape index (κ1) is 17.4. The molecule has 7 heteroatoms. The van der Waals surface area contributed by atoms with E-state index in [1.54, 1.807) is 12.4 Å². The Balaban J connectivity index is 1.68. The zero-order valence-corrected chi connectivity index (χ0v) is 15.2. The molecule has 1 aliphatic heterocycles. The maximum atomic E-state index is 12.8. The van der Waals surface area contributed by atoms with Crippen LogP contribution in [-0.2, 0) is 0 Å². The molecule has 0 atom stereocenters. The second kappa shape index (κ2) is 7.63. The average Bonchev–Trinajstić information content (AvgIpc) is 3.13. The van der Waals surface area contributed by atoms with E-state index in [0.717, 1.165) is 56.2 Å². The molecule has 1 fully saturated rings. The third kappa shape index (κ3) is 3.97. The number of nitrogens with zero attached hydrogens (tertiary/aromatic N) is 5. The van der Waals surface area contributed by atoms with Gasteiger partial charge in [0.15, 0.2) is 0 Å². The summed E-state index contributed by atoms with van der Waals surface area (Å²) in [5.41, 5.74) is 1.63. The number of rotatable bonds is 5. The molecule has 0 radical (unpaired) electrons. The molecule has 1 saturated heterocycles. The van der Waals surface area contributed by atoms with Gasteiger partial charge in [-0.3, -0.25) is 9.89 Å². The van der Waals surface area contributed by atoms with Crippen molar-refractivity contribution in [2.75, 3.05) is 24.5 Å². The van der Waals surface area contributed by atoms with Crippen molar-refractivity contribution >= 4 is 11.7 Å². The fourth-order valence-corrected chi connectivity index (χ4v) is 3.49. The van der Waals surface area contributed by atoms with E-state index in [-0.39, 0.29) is 11.9 Å². The lowest BCUT2D eigenvalue weighted by Crippen LogP contribution is -2.48. The van der Waals surface area contributed by atoms with Gasteiger partial charge in [0, 0.05) is 43.6 Å². The largest absolute Gasteiger partial charge is 0.356 e. The highest BCUT2D eigenvalue weighted by Gasteiger charge is 2.29. The summed E-state index contributed by atoms with van der Waals surface area (Å²) in [5.74, 6) is 1.87. The average molecular weight is 342 g/mol. The number of amides is 1. The van der Waals surface area contributed by atoms with Gasteiger partial charge in [0.2, 0.25) is 0 Å². The second-order valence-corrected chi connectivity index (χ2v) is 6.62. The van der Waals surface area contributed by atoms with Crippen LogP contribution >= 0.6 is 0 Å². The van der Waals surface area contributed by atoms with Gasteiger partial charge < -0.3 is 9.80 Å². The number of hydrogen-bond acceptors (Lipinski definition) is 5. The van der Waals surface area contributed by atoms with Crippen LogP contribution in [0.15, 0.2) is 18.5 Å². The molecule has 25 heavy (non-hydrogen) atoms. The summed E-state index contributed by atoms with van der Waals surface area (Å²) in [4.78, 5) is 26.0. The summed E-state index contributed by atoms with van der Waals surface area (Å²) in [6.45, 7) is 8.61. The highest BCUT2D eigenvalue weighted by Crippen LogP contribution is 2.23. The monoisotopic (exact) mass is 342 g/mol. The fraction of sp³-hybridized carbons (Fsp3) is 0.556. The van der Waals surface area contributed by atoms with Crippen LogP contribution in [0.5, 0.6) is 0 Å². The lowest BCUT2D eigenvalue weighted by molar-refractivity contribution is 0.0650. The minimum atomic E-state index is 0.0720. The van der Waals surface area contributed by atoms with Crippen molar-refractivity contribution < 1.29 is 4.79 Å². The molecule has 0 bridgehead atoms. The maximum Gasteiger partial charge on any atom is 0.257 e. The molecule has 0 unspecified atom stereocenters.